The van der Waals surface area contributed by atoms with Crippen LogP contribution in [0.15, 0.2) is 30.3 Å². The summed E-state index contributed by atoms with van der Waals surface area (Å²) in [7, 11) is 0. The number of esters is 1. The molecule has 1 aromatic carbocycles. The Balaban J connectivity index is 2.08. The molecule has 27 heavy (non-hydrogen) atoms. The predicted octanol–water partition coefficient (Wildman–Crippen LogP) is 2.43. The Morgan fingerprint density at radius 2 is 1.89 bits per heavy atom. The molecule has 1 unspecified atom stereocenters. The van der Waals surface area contributed by atoms with Crippen molar-refractivity contribution in [3.8, 4) is 0 Å². The van der Waals surface area contributed by atoms with Crippen LogP contribution in [-0.4, -0.2) is 57.9 Å². The van der Waals surface area contributed by atoms with Crippen molar-refractivity contribution in [2.24, 2.45) is 0 Å². The van der Waals surface area contributed by atoms with Gasteiger partial charge in [-0.2, -0.15) is 0 Å². The average Bonchev–Trinajstić information content (AvgIpc) is 3.06. The molecule has 8 heteroatoms. The summed E-state index contributed by atoms with van der Waals surface area (Å²) in [5.74, 6) is -1.68. The summed E-state index contributed by atoms with van der Waals surface area (Å²) in [6.45, 7) is 5.12. The Bertz CT molecular complexity index is 671. The highest BCUT2D eigenvalue weighted by Gasteiger charge is 2.39. The number of hydrogen-bond donors (Lipinski definition) is 1. The molecular formula is C19H26N2O6. The van der Waals surface area contributed by atoms with Gasteiger partial charge >= 0.3 is 18.0 Å². The summed E-state index contributed by atoms with van der Waals surface area (Å²) in [6.07, 6.45) is 0.232. The summed E-state index contributed by atoms with van der Waals surface area (Å²) in [5.41, 5.74) is 0.0427. The van der Waals surface area contributed by atoms with Gasteiger partial charge in [-0.15, -0.1) is 0 Å². The number of carboxylic acid groups (broad SMARTS) is 1. The van der Waals surface area contributed by atoms with Crippen molar-refractivity contribution in [1.29, 1.82) is 0 Å². The van der Waals surface area contributed by atoms with E-state index >= 15 is 0 Å². The first-order valence-corrected chi connectivity index (χ1v) is 8.87. The van der Waals surface area contributed by atoms with E-state index in [0.717, 1.165) is 10.6 Å². The SMILES string of the molecule is CC(C)(C)OC(=O)N(CC(=O)OCc1ccccc1)N1CCCC1C(=O)O. The second kappa shape index (κ2) is 8.85. The largest absolute Gasteiger partial charge is 0.480 e. The van der Waals surface area contributed by atoms with Gasteiger partial charge in [-0.05, 0) is 39.2 Å². The molecule has 148 valence electrons. The van der Waals surface area contributed by atoms with E-state index in [9.17, 15) is 19.5 Å². The molecule has 1 aliphatic rings. The number of carbonyl (C=O) groups excluding carboxylic acids is 2. The van der Waals surface area contributed by atoms with E-state index in [1.54, 1.807) is 20.8 Å². The Hall–Kier alpha value is -2.61. The molecule has 1 N–H and O–H groups in total. The van der Waals surface area contributed by atoms with Crippen LogP contribution >= 0.6 is 0 Å². The highest BCUT2D eigenvalue weighted by molar-refractivity contribution is 5.79. The first kappa shape index (κ1) is 20.7. The van der Waals surface area contributed by atoms with Gasteiger partial charge in [0.05, 0.1) is 0 Å². The number of hydrogen-bond acceptors (Lipinski definition) is 6. The van der Waals surface area contributed by atoms with Crippen molar-refractivity contribution in [3.05, 3.63) is 35.9 Å². The normalized spacial score (nSPS) is 17.4. The molecule has 1 aromatic rings. The number of carboxylic acids is 1. The minimum atomic E-state index is -1.04. The first-order valence-electron chi connectivity index (χ1n) is 8.87. The molecule has 0 aliphatic carbocycles. The van der Waals surface area contributed by atoms with Crippen LogP contribution in [-0.2, 0) is 25.7 Å². The molecule has 1 aliphatic heterocycles. The van der Waals surface area contributed by atoms with Gasteiger partial charge in [0.2, 0.25) is 0 Å². The lowest BCUT2D eigenvalue weighted by Crippen LogP contribution is -2.54. The second-order valence-electron chi connectivity index (χ2n) is 7.34. The predicted molar refractivity (Wildman–Crippen MR) is 96.5 cm³/mol. The topological polar surface area (TPSA) is 96.4 Å². The summed E-state index contributed by atoms with van der Waals surface area (Å²) in [4.78, 5) is 36.4. The van der Waals surface area contributed by atoms with E-state index < -0.39 is 36.2 Å². The number of benzene rings is 1. The first-order chi connectivity index (χ1) is 12.7. The van der Waals surface area contributed by atoms with E-state index in [0.29, 0.717) is 19.4 Å². The zero-order valence-corrected chi connectivity index (χ0v) is 15.9. The smallest absolute Gasteiger partial charge is 0.425 e. The monoisotopic (exact) mass is 378 g/mol. The molecule has 0 saturated carbocycles. The summed E-state index contributed by atoms with van der Waals surface area (Å²) in [6, 6.07) is 8.28. The molecule has 2 rings (SSSR count). The molecule has 0 bridgehead atoms. The lowest BCUT2D eigenvalue weighted by atomic mass is 10.2. The second-order valence-corrected chi connectivity index (χ2v) is 7.34. The lowest BCUT2D eigenvalue weighted by molar-refractivity contribution is -0.158. The number of hydrazine groups is 1. The molecule has 1 amide bonds. The zero-order chi connectivity index (χ0) is 20.0. The van der Waals surface area contributed by atoms with E-state index in [1.165, 1.54) is 5.01 Å². The van der Waals surface area contributed by atoms with Crippen molar-refractivity contribution in [3.63, 3.8) is 0 Å². The van der Waals surface area contributed by atoms with Gasteiger partial charge in [-0.25, -0.2) is 14.8 Å². The molecule has 1 heterocycles. The fourth-order valence-corrected chi connectivity index (χ4v) is 2.77. The number of rotatable bonds is 6. The van der Waals surface area contributed by atoms with Gasteiger partial charge in [-0.3, -0.25) is 9.59 Å². The number of amides is 1. The minimum Gasteiger partial charge on any atom is -0.480 e. The Labute approximate surface area is 158 Å². The Kier molecular flexibility index (Phi) is 6.79. The maximum absolute atomic E-state index is 12.6. The maximum Gasteiger partial charge on any atom is 0.425 e. The number of ether oxygens (including phenoxy) is 2. The lowest BCUT2D eigenvalue weighted by Gasteiger charge is -2.34. The third kappa shape index (κ3) is 6.25. The van der Waals surface area contributed by atoms with E-state index in [1.807, 2.05) is 30.3 Å². The fraction of sp³-hybridized carbons (Fsp3) is 0.526. The number of carbonyl (C=O) groups is 3. The number of aliphatic carboxylic acids is 1. The standard InChI is InChI=1S/C19H26N2O6/c1-19(2,3)27-18(25)21(20-11-7-10-15(20)17(23)24)12-16(22)26-13-14-8-5-4-6-9-14/h4-6,8-9,15H,7,10-13H2,1-3H3,(H,23,24). The fourth-order valence-electron chi connectivity index (χ4n) is 2.77. The molecule has 1 saturated heterocycles. The maximum atomic E-state index is 12.6. The van der Waals surface area contributed by atoms with Gasteiger partial charge < -0.3 is 14.6 Å². The van der Waals surface area contributed by atoms with Gasteiger partial charge in [-0.1, -0.05) is 30.3 Å². The molecule has 0 radical (unpaired) electrons. The molecule has 8 nitrogen and oxygen atoms in total. The summed E-state index contributed by atoms with van der Waals surface area (Å²) < 4.78 is 10.6. The van der Waals surface area contributed by atoms with Crippen molar-refractivity contribution in [2.75, 3.05) is 13.1 Å². The Morgan fingerprint density at radius 3 is 2.48 bits per heavy atom. The van der Waals surface area contributed by atoms with Crippen LogP contribution in [0.5, 0.6) is 0 Å². The van der Waals surface area contributed by atoms with Crippen LogP contribution in [0.4, 0.5) is 4.79 Å². The van der Waals surface area contributed by atoms with Gasteiger partial charge in [0.1, 0.15) is 24.8 Å². The molecule has 0 aromatic heterocycles. The zero-order valence-electron chi connectivity index (χ0n) is 15.9. The third-order valence-corrected chi connectivity index (χ3v) is 3.95. The number of nitrogens with zero attached hydrogens (tertiary/aromatic N) is 2. The van der Waals surface area contributed by atoms with Gasteiger partial charge in [0, 0.05) is 6.54 Å². The van der Waals surface area contributed by atoms with E-state index in [4.69, 9.17) is 9.47 Å². The Morgan fingerprint density at radius 1 is 1.22 bits per heavy atom. The van der Waals surface area contributed by atoms with Crippen molar-refractivity contribution in [1.82, 2.24) is 10.0 Å². The van der Waals surface area contributed by atoms with Crippen LogP contribution in [0, 0.1) is 0 Å². The quantitative estimate of drug-likeness (QED) is 0.760. The van der Waals surface area contributed by atoms with Gasteiger partial charge in [0.25, 0.3) is 0 Å². The highest BCUT2D eigenvalue weighted by atomic mass is 16.6. The van der Waals surface area contributed by atoms with Crippen LogP contribution < -0.4 is 0 Å². The van der Waals surface area contributed by atoms with Crippen LogP contribution in [0.25, 0.3) is 0 Å². The molecule has 0 spiro atoms. The van der Waals surface area contributed by atoms with Crippen LogP contribution in [0.1, 0.15) is 39.2 Å². The van der Waals surface area contributed by atoms with Crippen molar-refractivity contribution >= 4 is 18.0 Å². The summed E-state index contributed by atoms with van der Waals surface area (Å²) in [5, 5.41) is 11.8. The van der Waals surface area contributed by atoms with E-state index in [-0.39, 0.29) is 6.61 Å². The van der Waals surface area contributed by atoms with E-state index in [2.05, 4.69) is 0 Å². The summed E-state index contributed by atoms with van der Waals surface area (Å²) >= 11 is 0. The van der Waals surface area contributed by atoms with Gasteiger partial charge in [0.15, 0.2) is 0 Å². The van der Waals surface area contributed by atoms with Crippen LogP contribution in [0.2, 0.25) is 0 Å². The molecule has 1 atom stereocenters. The van der Waals surface area contributed by atoms with Crippen molar-refractivity contribution < 1.29 is 29.0 Å². The van der Waals surface area contributed by atoms with Crippen molar-refractivity contribution in [2.45, 2.75) is 51.9 Å². The minimum absolute atomic E-state index is 0.0736. The average molecular weight is 378 g/mol. The molecular weight excluding hydrogens is 352 g/mol. The molecule has 1 fully saturated rings. The van der Waals surface area contributed by atoms with Crippen LogP contribution in [0.3, 0.4) is 0 Å². The third-order valence-electron chi connectivity index (χ3n) is 3.95. The highest BCUT2D eigenvalue weighted by Crippen LogP contribution is 2.22.